The van der Waals surface area contributed by atoms with Crippen molar-refractivity contribution < 1.29 is 30.7 Å². The van der Waals surface area contributed by atoms with Crippen LogP contribution in [0.15, 0.2) is 0 Å². The number of hydrogen-bond donors (Lipinski definition) is 1. The van der Waals surface area contributed by atoms with Crippen LogP contribution in [0, 0.1) is 0 Å². The molecule has 0 nitrogen and oxygen atoms in total. The first-order chi connectivity index (χ1) is 11.1. The molecular formula is C16H27F7S. The Morgan fingerprint density at radius 3 is 1.17 bits per heavy atom. The Kier molecular flexibility index (Phi) is 11.4. The Morgan fingerprint density at radius 1 is 0.500 bits per heavy atom. The molecule has 0 aromatic rings. The second-order valence-corrected chi connectivity index (χ2v) is 6.59. The number of alkyl halides is 7. The highest BCUT2D eigenvalue weighted by Crippen LogP contribution is 2.48. The Hall–Kier alpha value is -0.140. The molecule has 24 heavy (non-hydrogen) atoms. The van der Waals surface area contributed by atoms with Crippen molar-refractivity contribution in [2.75, 3.05) is 5.75 Å². The average molecular weight is 384 g/mol. The summed E-state index contributed by atoms with van der Waals surface area (Å²) in [6.45, 7) is 0. The standard InChI is InChI=1S/C16H27F7S/c17-14(18,15(19,20)16(21,22)23)12-10-8-6-4-2-1-3-5-7-9-11-13-24/h24H,1-13H2. The summed E-state index contributed by atoms with van der Waals surface area (Å²) in [5.74, 6) is -10.1. The average Bonchev–Trinajstić information content (AvgIpc) is 2.47. The molecule has 0 saturated carbocycles. The Bertz CT molecular complexity index is 316. The van der Waals surface area contributed by atoms with Crippen molar-refractivity contribution in [3.8, 4) is 0 Å². The molecule has 8 heteroatoms. The molecule has 0 atom stereocenters. The van der Waals surface area contributed by atoms with Crippen LogP contribution < -0.4 is 0 Å². The van der Waals surface area contributed by atoms with Gasteiger partial charge >= 0.3 is 18.0 Å². The van der Waals surface area contributed by atoms with E-state index in [0.29, 0.717) is 6.42 Å². The van der Waals surface area contributed by atoms with Crippen LogP contribution in [0.4, 0.5) is 30.7 Å². The lowest BCUT2D eigenvalue weighted by atomic mass is 10.0. The normalized spacial score (nSPS) is 13.5. The van der Waals surface area contributed by atoms with Gasteiger partial charge in [-0.15, -0.1) is 0 Å². The number of thiol groups is 1. The van der Waals surface area contributed by atoms with Gasteiger partial charge in [-0.05, 0) is 18.6 Å². The van der Waals surface area contributed by atoms with Crippen LogP contribution in [0.25, 0.3) is 0 Å². The molecule has 0 unspecified atom stereocenters. The van der Waals surface area contributed by atoms with Gasteiger partial charge in [-0.1, -0.05) is 57.8 Å². The van der Waals surface area contributed by atoms with Gasteiger partial charge in [0.25, 0.3) is 0 Å². The monoisotopic (exact) mass is 384 g/mol. The van der Waals surface area contributed by atoms with Crippen LogP contribution in [0.1, 0.15) is 77.0 Å². The quantitative estimate of drug-likeness (QED) is 0.180. The highest BCUT2D eigenvalue weighted by Gasteiger charge is 2.72. The fourth-order valence-corrected chi connectivity index (χ4v) is 2.64. The summed E-state index contributed by atoms with van der Waals surface area (Å²) in [6.07, 6.45) is 1.28. The van der Waals surface area contributed by atoms with E-state index in [4.69, 9.17) is 0 Å². The van der Waals surface area contributed by atoms with E-state index in [0.717, 1.165) is 44.3 Å². The van der Waals surface area contributed by atoms with Gasteiger partial charge in [0.15, 0.2) is 0 Å². The van der Waals surface area contributed by atoms with E-state index in [1.54, 1.807) is 0 Å². The van der Waals surface area contributed by atoms with Crippen LogP contribution in [0.3, 0.4) is 0 Å². The van der Waals surface area contributed by atoms with Crippen molar-refractivity contribution in [2.24, 2.45) is 0 Å². The highest BCUT2D eigenvalue weighted by molar-refractivity contribution is 7.80. The van der Waals surface area contributed by atoms with Gasteiger partial charge in [0.05, 0.1) is 0 Å². The first kappa shape index (κ1) is 23.9. The first-order valence-electron chi connectivity index (χ1n) is 8.49. The predicted molar refractivity (Wildman–Crippen MR) is 85.2 cm³/mol. The zero-order valence-corrected chi connectivity index (χ0v) is 14.7. The molecule has 146 valence electrons. The minimum atomic E-state index is -6.22. The molecule has 0 amide bonds. The van der Waals surface area contributed by atoms with Gasteiger partial charge in [-0.2, -0.15) is 43.4 Å². The van der Waals surface area contributed by atoms with Gasteiger partial charge in [-0.3, -0.25) is 0 Å². The van der Waals surface area contributed by atoms with Crippen LogP contribution in [-0.4, -0.2) is 23.8 Å². The van der Waals surface area contributed by atoms with Gasteiger partial charge in [0.2, 0.25) is 0 Å². The molecule has 0 aliphatic carbocycles. The number of rotatable bonds is 14. The van der Waals surface area contributed by atoms with E-state index >= 15 is 0 Å². The van der Waals surface area contributed by atoms with Crippen LogP contribution >= 0.6 is 12.6 Å². The molecule has 0 saturated heterocycles. The SMILES string of the molecule is FC(F)(F)C(F)(F)C(F)(F)CCCCCCCCCCCCCS. The zero-order chi connectivity index (χ0) is 18.7. The molecular weight excluding hydrogens is 357 g/mol. The molecule has 0 heterocycles. The van der Waals surface area contributed by atoms with E-state index in [-0.39, 0.29) is 12.8 Å². The molecule has 0 rings (SSSR count). The summed E-state index contributed by atoms with van der Waals surface area (Å²) < 4.78 is 87.2. The Balaban J connectivity index is 3.66. The summed E-state index contributed by atoms with van der Waals surface area (Å²) in [7, 11) is 0. The topological polar surface area (TPSA) is 0 Å². The van der Waals surface area contributed by atoms with Crippen LogP contribution in [0.2, 0.25) is 0 Å². The number of unbranched alkanes of at least 4 members (excludes halogenated alkanes) is 10. The Morgan fingerprint density at radius 2 is 0.833 bits per heavy atom. The highest BCUT2D eigenvalue weighted by atomic mass is 32.1. The smallest absolute Gasteiger partial charge is 0.200 e. The molecule has 0 radical (unpaired) electrons. The first-order valence-corrected chi connectivity index (χ1v) is 9.13. The molecule has 0 aromatic carbocycles. The third kappa shape index (κ3) is 8.81. The minimum absolute atomic E-state index is 0.242. The lowest BCUT2D eigenvalue weighted by molar-refractivity contribution is -0.355. The van der Waals surface area contributed by atoms with Crippen LogP contribution in [-0.2, 0) is 0 Å². The second kappa shape index (κ2) is 11.5. The third-order valence-electron chi connectivity index (χ3n) is 3.96. The van der Waals surface area contributed by atoms with E-state index in [2.05, 4.69) is 12.6 Å². The minimum Gasteiger partial charge on any atom is -0.200 e. The number of halogens is 7. The molecule has 0 spiro atoms. The maximum Gasteiger partial charge on any atom is 0.459 e. The van der Waals surface area contributed by atoms with Crippen molar-refractivity contribution in [1.29, 1.82) is 0 Å². The molecule has 0 aromatic heterocycles. The molecule has 0 N–H and O–H groups in total. The molecule has 0 aliphatic rings. The maximum atomic E-state index is 13.0. The summed E-state index contributed by atoms with van der Waals surface area (Å²) in [4.78, 5) is 0. The Labute approximate surface area is 145 Å². The summed E-state index contributed by atoms with van der Waals surface area (Å²) in [5, 5.41) is 0. The van der Waals surface area contributed by atoms with E-state index < -0.39 is 24.4 Å². The fourth-order valence-electron chi connectivity index (χ4n) is 2.41. The van der Waals surface area contributed by atoms with Gasteiger partial charge in [0, 0.05) is 6.42 Å². The summed E-state index contributed by atoms with van der Waals surface area (Å²) in [6, 6.07) is 0. The zero-order valence-electron chi connectivity index (χ0n) is 13.8. The van der Waals surface area contributed by atoms with Crippen molar-refractivity contribution in [3.05, 3.63) is 0 Å². The molecule has 0 bridgehead atoms. The van der Waals surface area contributed by atoms with Gasteiger partial charge in [0.1, 0.15) is 0 Å². The van der Waals surface area contributed by atoms with Crippen molar-refractivity contribution >= 4 is 12.6 Å². The summed E-state index contributed by atoms with van der Waals surface area (Å²) in [5.41, 5.74) is 0. The predicted octanol–water partition coefficient (Wildman–Crippen LogP) is 7.43. The van der Waals surface area contributed by atoms with Gasteiger partial charge < -0.3 is 0 Å². The number of hydrogen-bond acceptors (Lipinski definition) is 1. The van der Waals surface area contributed by atoms with E-state index in [1.165, 1.54) is 12.8 Å². The van der Waals surface area contributed by atoms with Gasteiger partial charge in [-0.25, -0.2) is 0 Å². The maximum absolute atomic E-state index is 13.0. The van der Waals surface area contributed by atoms with E-state index in [1.807, 2.05) is 0 Å². The van der Waals surface area contributed by atoms with Crippen LogP contribution in [0.5, 0.6) is 0 Å². The second-order valence-electron chi connectivity index (χ2n) is 6.14. The fraction of sp³-hybridized carbons (Fsp3) is 1.00. The van der Waals surface area contributed by atoms with E-state index in [9.17, 15) is 30.7 Å². The summed E-state index contributed by atoms with van der Waals surface area (Å²) >= 11 is 4.12. The van der Waals surface area contributed by atoms with Crippen molar-refractivity contribution in [1.82, 2.24) is 0 Å². The van der Waals surface area contributed by atoms with Crippen molar-refractivity contribution in [3.63, 3.8) is 0 Å². The molecule has 0 aliphatic heterocycles. The lowest BCUT2D eigenvalue weighted by Crippen LogP contribution is -2.51. The third-order valence-corrected chi connectivity index (χ3v) is 4.28. The molecule has 0 fully saturated rings. The van der Waals surface area contributed by atoms with Crippen molar-refractivity contribution in [2.45, 2.75) is 95.1 Å². The largest absolute Gasteiger partial charge is 0.459 e. The lowest BCUT2D eigenvalue weighted by Gasteiger charge is -2.28.